The van der Waals surface area contributed by atoms with E-state index in [0.29, 0.717) is 6.42 Å². The van der Waals surface area contributed by atoms with Crippen LogP contribution in [-0.2, 0) is 10.0 Å². The summed E-state index contributed by atoms with van der Waals surface area (Å²) in [6.07, 6.45) is 0.349. The summed E-state index contributed by atoms with van der Waals surface area (Å²) in [5.41, 5.74) is 6.84. The van der Waals surface area contributed by atoms with Gasteiger partial charge in [0.05, 0.1) is 11.4 Å². The van der Waals surface area contributed by atoms with Crippen molar-refractivity contribution in [1.82, 2.24) is 0 Å². The van der Waals surface area contributed by atoms with E-state index in [1.807, 2.05) is 4.72 Å². The lowest BCUT2D eigenvalue weighted by atomic mass is 10.2. The largest absolute Gasteiger partial charge is 0.281 e. The van der Waals surface area contributed by atoms with Gasteiger partial charge in [0.1, 0.15) is 11.5 Å². The van der Waals surface area contributed by atoms with Gasteiger partial charge in [0, 0.05) is 4.91 Å². The number of anilines is 1. The Kier molecular flexibility index (Phi) is 4.46. The average Bonchev–Trinajstić information content (AvgIpc) is 2.28. The molecule has 0 radical (unpaired) electrons. The van der Waals surface area contributed by atoms with Crippen LogP contribution in [0.15, 0.2) is 17.2 Å². The van der Waals surface area contributed by atoms with Crippen LogP contribution < -0.4 is 4.72 Å². The Hall–Kier alpha value is -1.86. The van der Waals surface area contributed by atoms with Crippen LogP contribution in [0.3, 0.4) is 0 Å². The Bertz CT molecular complexity index is 597. The van der Waals surface area contributed by atoms with Gasteiger partial charge in [-0.3, -0.25) is 4.72 Å². The Morgan fingerprint density at radius 1 is 1.44 bits per heavy atom. The lowest BCUT2D eigenvalue weighted by molar-refractivity contribution is 0.585. The molecule has 0 atom stereocenters. The normalized spacial score (nSPS) is 10.8. The number of hydrogen-bond donors (Lipinski definition) is 1. The lowest BCUT2D eigenvalue weighted by Gasteiger charge is -2.09. The number of hydrogen-bond acceptors (Lipinski definition) is 3. The smallest absolute Gasteiger partial charge is 0.232 e. The van der Waals surface area contributed by atoms with Gasteiger partial charge in [-0.15, -0.1) is 0 Å². The summed E-state index contributed by atoms with van der Waals surface area (Å²) in [7, 11) is -3.70. The molecule has 6 nitrogen and oxygen atoms in total. The van der Waals surface area contributed by atoms with Gasteiger partial charge in [0.15, 0.2) is 5.82 Å². The van der Waals surface area contributed by atoms with E-state index in [1.54, 1.807) is 6.92 Å². The fourth-order valence-electron chi connectivity index (χ4n) is 1.24. The van der Waals surface area contributed by atoms with Crippen LogP contribution in [0.5, 0.6) is 0 Å². The zero-order valence-corrected chi connectivity index (χ0v) is 10.2. The minimum atomic E-state index is -3.70. The number of nitrogens with one attached hydrogen (secondary N) is 1. The zero-order chi connectivity index (χ0) is 13.8. The Labute approximate surface area is 102 Å². The van der Waals surface area contributed by atoms with Crippen LogP contribution in [-0.4, -0.2) is 14.2 Å². The van der Waals surface area contributed by atoms with Crippen LogP contribution in [0.2, 0.25) is 0 Å². The highest BCUT2D eigenvalue weighted by atomic mass is 32.2. The molecule has 98 valence electrons. The van der Waals surface area contributed by atoms with E-state index in [1.165, 1.54) is 0 Å². The molecule has 1 rings (SSSR count). The van der Waals surface area contributed by atoms with Gasteiger partial charge in [0.2, 0.25) is 10.0 Å². The second-order valence-corrected chi connectivity index (χ2v) is 5.21. The van der Waals surface area contributed by atoms with Crippen molar-refractivity contribution in [3.63, 3.8) is 0 Å². The molecule has 0 aliphatic carbocycles. The highest BCUT2D eigenvalue weighted by molar-refractivity contribution is 7.92. The molecule has 1 aromatic carbocycles. The molecule has 0 fully saturated rings. The topological polar surface area (TPSA) is 94.9 Å². The average molecular weight is 276 g/mol. The summed E-state index contributed by atoms with van der Waals surface area (Å²) < 4.78 is 51.6. The molecule has 0 bridgehead atoms. The molecule has 0 saturated heterocycles. The minimum Gasteiger partial charge on any atom is -0.281 e. The van der Waals surface area contributed by atoms with E-state index in [9.17, 15) is 17.2 Å². The first-order valence-electron chi connectivity index (χ1n) is 4.95. The van der Waals surface area contributed by atoms with Gasteiger partial charge in [-0.1, -0.05) is 12.0 Å². The highest BCUT2D eigenvalue weighted by Crippen LogP contribution is 2.29. The third kappa shape index (κ3) is 3.31. The molecule has 0 saturated carbocycles. The van der Waals surface area contributed by atoms with Crippen LogP contribution in [0.1, 0.15) is 13.3 Å². The molecule has 18 heavy (non-hydrogen) atoms. The number of nitrogens with zero attached hydrogens (tertiary/aromatic N) is 3. The Balaban J connectivity index is 3.20. The number of sulfonamides is 1. The zero-order valence-electron chi connectivity index (χ0n) is 9.39. The quantitative estimate of drug-likeness (QED) is 0.508. The van der Waals surface area contributed by atoms with E-state index >= 15 is 0 Å². The molecule has 0 aromatic heterocycles. The van der Waals surface area contributed by atoms with E-state index in [-0.39, 0.29) is 5.75 Å². The van der Waals surface area contributed by atoms with Crippen molar-refractivity contribution < 1.29 is 17.2 Å². The monoisotopic (exact) mass is 276 g/mol. The van der Waals surface area contributed by atoms with Crippen LogP contribution >= 0.6 is 0 Å². The third-order valence-electron chi connectivity index (χ3n) is 1.95. The van der Waals surface area contributed by atoms with Crippen LogP contribution in [0.4, 0.5) is 20.2 Å². The molecule has 1 N–H and O–H groups in total. The summed E-state index contributed by atoms with van der Waals surface area (Å²) in [5, 5.41) is 2.84. The molecule has 0 aliphatic rings. The summed E-state index contributed by atoms with van der Waals surface area (Å²) in [6, 6.07) is 1.74. The van der Waals surface area contributed by atoms with Gasteiger partial charge in [-0.05, 0) is 24.1 Å². The molecular weight excluding hydrogens is 266 g/mol. The SMILES string of the molecule is CCCS(=O)(=O)Nc1ccc(F)c(N=[N+]=[N-])c1F. The molecule has 0 aliphatic heterocycles. The standard InChI is InChI=1S/C9H10F2N4O2S/c1-2-5-18(16,17)14-7-4-3-6(10)9(8(7)11)13-15-12/h3-4,14H,2,5H2,1H3. The summed E-state index contributed by atoms with van der Waals surface area (Å²) in [4.78, 5) is 2.27. The molecule has 0 amide bonds. The number of azide groups is 1. The second kappa shape index (κ2) is 5.65. The first kappa shape index (κ1) is 14.2. The van der Waals surface area contributed by atoms with Gasteiger partial charge >= 0.3 is 0 Å². The van der Waals surface area contributed by atoms with E-state index in [2.05, 4.69) is 10.0 Å². The maximum Gasteiger partial charge on any atom is 0.232 e. The fraction of sp³-hybridized carbons (Fsp3) is 0.333. The van der Waals surface area contributed by atoms with E-state index in [4.69, 9.17) is 5.53 Å². The first-order chi connectivity index (χ1) is 8.41. The van der Waals surface area contributed by atoms with Crippen molar-refractivity contribution in [2.24, 2.45) is 5.11 Å². The second-order valence-electron chi connectivity index (χ2n) is 3.37. The van der Waals surface area contributed by atoms with Crippen molar-refractivity contribution in [3.05, 3.63) is 34.2 Å². The maximum atomic E-state index is 13.7. The summed E-state index contributed by atoms with van der Waals surface area (Å²) >= 11 is 0. The lowest BCUT2D eigenvalue weighted by Crippen LogP contribution is -2.17. The van der Waals surface area contributed by atoms with E-state index in [0.717, 1.165) is 12.1 Å². The Morgan fingerprint density at radius 2 is 2.11 bits per heavy atom. The summed E-state index contributed by atoms with van der Waals surface area (Å²) in [6.45, 7) is 1.64. The Morgan fingerprint density at radius 3 is 2.67 bits per heavy atom. The van der Waals surface area contributed by atoms with Crippen molar-refractivity contribution >= 4 is 21.4 Å². The van der Waals surface area contributed by atoms with Gasteiger partial charge in [-0.2, -0.15) is 0 Å². The first-order valence-corrected chi connectivity index (χ1v) is 6.60. The summed E-state index contributed by atoms with van der Waals surface area (Å²) in [5.74, 6) is -2.50. The molecule has 0 heterocycles. The van der Waals surface area contributed by atoms with Crippen molar-refractivity contribution in [3.8, 4) is 0 Å². The highest BCUT2D eigenvalue weighted by Gasteiger charge is 2.16. The predicted molar refractivity (Wildman–Crippen MR) is 62.9 cm³/mol. The fourth-order valence-corrected chi connectivity index (χ4v) is 2.38. The third-order valence-corrected chi connectivity index (χ3v) is 3.43. The van der Waals surface area contributed by atoms with Crippen LogP contribution in [0, 0.1) is 11.6 Å². The molecule has 1 aromatic rings. The van der Waals surface area contributed by atoms with E-state index < -0.39 is 33.0 Å². The van der Waals surface area contributed by atoms with Crippen molar-refractivity contribution in [2.45, 2.75) is 13.3 Å². The number of rotatable bonds is 5. The van der Waals surface area contributed by atoms with Crippen molar-refractivity contribution in [2.75, 3.05) is 10.5 Å². The molecule has 0 spiro atoms. The van der Waals surface area contributed by atoms with Gasteiger partial charge < -0.3 is 0 Å². The van der Waals surface area contributed by atoms with Gasteiger partial charge in [-0.25, -0.2) is 17.2 Å². The molecular formula is C9H10F2N4O2S. The molecule has 0 unspecified atom stereocenters. The van der Waals surface area contributed by atoms with Crippen LogP contribution in [0.25, 0.3) is 10.4 Å². The number of benzene rings is 1. The number of halogens is 2. The van der Waals surface area contributed by atoms with Crippen molar-refractivity contribution in [1.29, 1.82) is 0 Å². The van der Waals surface area contributed by atoms with Gasteiger partial charge in [0.25, 0.3) is 0 Å². The maximum absolute atomic E-state index is 13.7. The minimum absolute atomic E-state index is 0.194. The predicted octanol–water partition coefficient (Wildman–Crippen LogP) is 3.06. The molecule has 9 heteroatoms.